The molecule has 1 aromatic heterocycles. The van der Waals surface area contributed by atoms with Gasteiger partial charge in [0.1, 0.15) is 11.5 Å². The summed E-state index contributed by atoms with van der Waals surface area (Å²) in [5.74, 6) is 0.935. The topological polar surface area (TPSA) is 34.9 Å². The summed E-state index contributed by atoms with van der Waals surface area (Å²) in [6, 6.07) is 0. The SMILES string of the molecule is Cn1cc(C=O)nc1C(C)(C)C. The Morgan fingerprint density at radius 1 is 1.50 bits per heavy atom. The van der Waals surface area contributed by atoms with Gasteiger partial charge in [-0.15, -0.1) is 0 Å². The zero-order chi connectivity index (χ0) is 9.35. The van der Waals surface area contributed by atoms with Crippen molar-refractivity contribution in [2.24, 2.45) is 7.05 Å². The molecule has 0 amide bonds. The molecule has 3 heteroatoms. The lowest BCUT2D eigenvalue weighted by molar-refractivity contribution is 0.111. The van der Waals surface area contributed by atoms with Gasteiger partial charge in [-0.3, -0.25) is 4.79 Å². The Hall–Kier alpha value is -1.12. The van der Waals surface area contributed by atoms with E-state index in [1.54, 1.807) is 6.20 Å². The van der Waals surface area contributed by atoms with Crippen LogP contribution in [0.1, 0.15) is 37.1 Å². The van der Waals surface area contributed by atoms with Crippen LogP contribution in [-0.4, -0.2) is 15.8 Å². The molecule has 0 saturated carbocycles. The smallest absolute Gasteiger partial charge is 0.170 e. The van der Waals surface area contributed by atoms with Gasteiger partial charge in [-0.25, -0.2) is 4.98 Å². The van der Waals surface area contributed by atoms with Crippen LogP contribution in [0.5, 0.6) is 0 Å². The standard InChI is InChI=1S/C9H14N2O/c1-9(2,3)8-10-7(6-12)5-11(8)4/h5-6H,1-4H3. The lowest BCUT2D eigenvalue weighted by Gasteiger charge is -2.17. The third-order valence-corrected chi connectivity index (χ3v) is 1.69. The molecular weight excluding hydrogens is 152 g/mol. The van der Waals surface area contributed by atoms with E-state index in [4.69, 9.17) is 0 Å². The Morgan fingerprint density at radius 2 is 2.08 bits per heavy atom. The lowest BCUT2D eigenvalue weighted by atomic mass is 9.96. The normalized spacial score (nSPS) is 11.7. The molecule has 0 saturated heterocycles. The summed E-state index contributed by atoms with van der Waals surface area (Å²) >= 11 is 0. The number of aldehydes is 1. The number of carbonyl (C=O) groups is 1. The van der Waals surface area contributed by atoms with Crippen molar-refractivity contribution in [2.75, 3.05) is 0 Å². The molecule has 1 heterocycles. The number of imidazole rings is 1. The van der Waals surface area contributed by atoms with Crippen LogP contribution in [0, 0.1) is 0 Å². The number of aromatic nitrogens is 2. The summed E-state index contributed by atoms with van der Waals surface area (Å²) in [5, 5.41) is 0. The van der Waals surface area contributed by atoms with Crippen LogP contribution < -0.4 is 0 Å². The Kier molecular flexibility index (Phi) is 2.04. The zero-order valence-electron chi connectivity index (χ0n) is 7.96. The van der Waals surface area contributed by atoms with Gasteiger partial charge >= 0.3 is 0 Å². The molecule has 0 aliphatic heterocycles. The monoisotopic (exact) mass is 166 g/mol. The molecule has 0 aliphatic rings. The molecule has 0 atom stereocenters. The summed E-state index contributed by atoms with van der Waals surface area (Å²) in [6.07, 6.45) is 2.52. The van der Waals surface area contributed by atoms with Gasteiger partial charge in [0.05, 0.1) is 0 Å². The first-order chi connectivity index (χ1) is 5.45. The molecule has 66 valence electrons. The summed E-state index contributed by atoms with van der Waals surface area (Å²) in [7, 11) is 1.90. The van der Waals surface area contributed by atoms with Gasteiger partial charge in [0.2, 0.25) is 0 Å². The summed E-state index contributed by atoms with van der Waals surface area (Å²) < 4.78 is 1.89. The quantitative estimate of drug-likeness (QED) is 0.593. The Morgan fingerprint density at radius 3 is 2.33 bits per heavy atom. The van der Waals surface area contributed by atoms with E-state index in [1.165, 1.54) is 0 Å². The van der Waals surface area contributed by atoms with Gasteiger partial charge < -0.3 is 4.57 Å². The number of nitrogens with zero attached hydrogens (tertiary/aromatic N) is 2. The van der Waals surface area contributed by atoms with Crippen molar-refractivity contribution in [3.05, 3.63) is 17.7 Å². The van der Waals surface area contributed by atoms with Crippen LogP contribution in [0.3, 0.4) is 0 Å². The highest BCUT2D eigenvalue weighted by Crippen LogP contribution is 2.19. The van der Waals surface area contributed by atoms with Crippen LogP contribution in [0.4, 0.5) is 0 Å². The molecule has 0 bridgehead atoms. The minimum atomic E-state index is -0.00396. The molecule has 12 heavy (non-hydrogen) atoms. The highest BCUT2D eigenvalue weighted by atomic mass is 16.1. The minimum absolute atomic E-state index is 0.00396. The maximum Gasteiger partial charge on any atom is 0.170 e. The van der Waals surface area contributed by atoms with Crippen molar-refractivity contribution in [2.45, 2.75) is 26.2 Å². The van der Waals surface area contributed by atoms with Crippen molar-refractivity contribution in [1.82, 2.24) is 9.55 Å². The second kappa shape index (κ2) is 2.73. The van der Waals surface area contributed by atoms with Gasteiger partial charge in [0.15, 0.2) is 6.29 Å². The van der Waals surface area contributed by atoms with E-state index in [0.717, 1.165) is 12.1 Å². The molecule has 0 radical (unpaired) electrons. The Labute approximate surface area is 72.4 Å². The predicted molar refractivity (Wildman–Crippen MR) is 47.3 cm³/mol. The second-order valence-corrected chi connectivity index (χ2v) is 3.97. The molecule has 0 aliphatic carbocycles. The van der Waals surface area contributed by atoms with Crippen molar-refractivity contribution in [3.8, 4) is 0 Å². The molecule has 1 rings (SSSR count). The summed E-state index contributed by atoms with van der Waals surface area (Å²) in [4.78, 5) is 14.6. The second-order valence-electron chi connectivity index (χ2n) is 3.97. The van der Waals surface area contributed by atoms with E-state index >= 15 is 0 Å². The van der Waals surface area contributed by atoms with Crippen LogP contribution in [-0.2, 0) is 12.5 Å². The molecule has 0 spiro atoms. The van der Waals surface area contributed by atoms with Gasteiger partial charge in [0.25, 0.3) is 0 Å². The lowest BCUT2D eigenvalue weighted by Crippen LogP contribution is -2.17. The first-order valence-electron chi connectivity index (χ1n) is 3.94. The van der Waals surface area contributed by atoms with E-state index in [1.807, 2.05) is 11.6 Å². The third kappa shape index (κ3) is 1.55. The fourth-order valence-corrected chi connectivity index (χ4v) is 1.24. The summed E-state index contributed by atoms with van der Waals surface area (Å²) in [6.45, 7) is 6.22. The number of hydrogen-bond donors (Lipinski definition) is 0. The average molecular weight is 166 g/mol. The molecule has 0 N–H and O–H groups in total. The van der Waals surface area contributed by atoms with Crippen LogP contribution >= 0.6 is 0 Å². The zero-order valence-corrected chi connectivity index (χ0v) is 7.96. The molecule has 0 aromatic carbocycles. The van der Waals surface area contributed by atoms with Gasteiger partial charge in [-0.2, -0.15) is 0 Å². The van der Waals surface area contributed by atoms with Crippen LogP contribution in [0.15, 0.2) is 6.20 Å². The van der Waals surface area contributed by atoms with Gasteiger partial charge in [-0.1, -0.05) is 20.8 Å². The van der Waals surface area contributed by atoms with Crippen LogP contribution in [0.2, 0.25) is 0 Å². The van der Waals surface area contributed by atoms with Gasteiger partial charge in [-0.05, 0) is 0 Å². The van der Waals surface area contributed by atoms with E-state index in [2.05, 4.69) is 25.8 Å². The molecule has 3 nitrogen and oxygen atoms in total. The van der Waals surface area contributed by atoms with E-state index in [9.17, 15) is 4.79 Å². The van der Waals surface area contributed by atoms with E-state index in [0.29, 0.717) is 5.69 Å². The Bertz CT molecular complexity index is 294. The first kappa shape index (κ1) is 8.97. The van der Waals surface area contributed by atoms with Gasteiger partial charge in [0, 0.05) is 18.7 Å². The van der Waals surface area contributed by atoms with E-state index < -0.39 is 0 Å². The minimum Gasteiger partial charge on any atom is -0.337 e. The third-order valence-electron chi connectivity index (χ3n) is 1.69. The highest BCUT2D eigenvalue weighted by molar-refractivity contribution is 5.71. The molecule has 1 aromatic rings. The first-order valence-corrected chi connectivity index (χ1v) is 3.94. The maximum atomic E-state index is 10.4. The number of rotatable bonds is 1. The fraction of sp³-hybridized carbons (Fsp3) is 0.556. The predicted octanol–water partition coefficient (Wildman–Crippen LogP) is 1.53. The Balaban J connectivity index is 3.16. The maximum absolute atomic E-state index is 10.4. The molecule has 0 unspecified atom stereocenters. The highest BCUT2D eigenvalue weighted by Gasteiger charge is 2.19. The molecule has 0 fully saturated rings. The van der Waals surface area contributed by atoms with Crippen molar-refractivity contribution in [3.63, 3.8) is 0 Å². The number of hydrogen-bond acceptors (Lipinski definition) is 2. The fourth-order valence-electron chi connectivity index (χ4n) is 1.24. The van der Waals surface area contributed by atoms with Crippen LogP contribution in [0.25, 0.3) is 0 Å². The summed E-state index contributed by atoms with van der Waals surface area (Å²) in [5.41, 5.74) is 0.498. The van der Waals surface area contributed by atoms with Crippen molar-refractivity contribution >= 4 is 6.29 Å². The van der Waals surface area contributed by atoms with Crippen molar-refractivity contribution < 1.29 is 4.79 Å². The average Bonchev–Trinajstić information content (AvgIpc) is 2.29. The van der Waals surface area contributed by atoms with E-state index in [-0.39, 0.29) is 5.41 Å². The molecular formula is C9H14N2O. The number of carbonyl (C=O) groups excluding carboxylic acids is 1. The number of aryl methyl sites for hydroxylation is 1. The largest absolute Gasteiger partial charge is 0.337 e. The van der Waals surface area contributed by atoms with Crippen molar-refractivity contribution in [1.29, 1.82) is 0 Å².